The van der Waals surface area contributed by atoms with Crippen LogP contribution < -0.4 is 4.74 Å². The Balaban J connectivity index is 2.80. The third-order valence-electron chi connectivity index (χ3n) is 1.63. The molecule has 0 bridgehead atoms. The Bertz CT molecular complexity index is 422. The Morgan fingerprint density at radius 2 is 2.18 bits per heavy atom. The van der Waals surface area contributed by atoms with Gasteiger partial charge in [-0.1, -0.05) is 0 Å². The zero-order valence-electron chi connectivity index (χ0n) is 8.61. The van der Waals surface area contributed by atoms with Gasteiger partial charge in [0.05, 0.1) is 17.6 Å². The number of aromatic nitrogens is 1. The SMILES string of the molecule is COC(=O)c1cnc(OCC(F)(F)F)c(S)c1. The van der Waals surface area contributed by atoms with Crippen molar-refractivity contribution in [2.75, 3.05) is 13.7 Å². The van der Waals surface area contributed by atoms with Crippen LogP contribution in [-0.4, -0.2) is 30.8 Å². The summed E-state index contributed by atoms with van der Waals surface area (Å²) in [6.45, 7) is -1.47. The molecule has 1 heterocycles. The van der Waals surface area contributed by atoms with E-state index >= 15 is 0 Å². The molecule has 0 aliphatic carbocycles. The van der Waals surface area contributed by atoms with Crippen molar-refractivity contribution >= 4 is 18.6 Å². The summed E-state index contributed by atoms with van der Waals surface area (Å²) < 4.78 is 44.5. The van der Waals surface area contributed by atoms with Gasteiger partial charge in [0, 0.05) is 6.20 Å². The molecule has 0 aliphatic heterocycles. The molecule has 94 valence electrons. The minimum atomic E-state index is -4.46. The van der Waals surface area contributed by atoms with Crippen LogP contribution in [0.1, 0.15) is 10.4 Å². The molecule has 0 aliphatic rings. The maximum atomic E-state index is 11.9. The van der Waals surface area contributed by atoms with E-state index in [9.17, 15) is 18.0 Å². The van der Waals surface area contributed by atoms with Crippen molar-refractivity contribution in [3.63, 3.8) is 0 Å². The highest BCUT2D eigenvalue weighted by Gasteiger charge is 2.29. The molecule has 0 saturated carbocycles. The molecule has 1 aromatic heterocycles. The van der Waals surface area contributed by atoms with Crippen molar-refractivity contribution in [1.29, 1.82) is 0 Å². The fourth-order valence-electron chi connectivity index (χ4n) is 0.931. The minimum Gasteiger partial charge on any atom is -0.467 e. The molecule has 0 unspecified atom stereocenters. The normalized spacial score (nSPS) is 11.1. The monoisotopic (exact) mass is 267 g/mol. The first-order chi connectivity index (χ1) is 7.83. The Morgan fingerprint density at radius 1 is 1.53 bits per heavy atom. The predicted molar refractivity (Wildman–Crippen MR) is 54.4 cm³/mol. The molecule has 0 saturated heterocycles. The van der Waals surface area contributed by atoms with Crippen molar-refractivity contribution in [3.05, 3.63) is 17.8 Å². The number of pyridine rings is 1. The number of halogens is 3. The first-order valence-electron chi connectivity index (χ1n) is 4.30. The lowest BCUT2D eigenvalue weighted by Crippen LogP contribution is -2.20. The summed E-state index contributed by atoms with van der Waals surface area (Å²) >= 11 is 3.87. The van der Waals surface area contributed by atoms with Gasteiger partial charge in [-0.3, -0.25) is 0 Å². The molecule has 0 aromatic carbocycles. The van der Waals surface area contributed by atoms with Crippen LogP contribution in [-0.2, 0) is 4.74 Å². The highest BCUT2D eigenvalue weighted by Crippen LogP contribution is 2.23. The highest BCUT2D eigenvalue weighted by atomic mass is 32.1. The van der Waals surface area contributed by atoms with E-state index in [2.05, 4.69) is 27.1 Å². The van der Waals surface area contributed by atoms with Gasteiger partial charge in [0.25, 0.3) is 0 Å². The van der Waals surface area contributed by atoms with E-state index in [1.165, 1.54) is 13.2 Å². The van der Waals surface area contributed by atoms with E-state index in [1.54, 1.807) is 0 Å². The third kappa shape index (κ3) is 4.14. The van der Waals surface area contributed by atoms with Crippen LogP contribution >= 0.6 is 12.6 Å². The van der Waals surface area contributed by atoms with Crippen molar-refractivity contribution in [2.45, 2.75) is 11.1 Å². The standard InChI is InChI=1S/C9H8F3NO3S/c1-15-8(14)5-2-6(17)7(13-3-5)16-4-9(10,11)12/h2-3,17H,4H2,1H3. The molecule has 4 nitrogen and oxygen atoms in total. The second-order valence-electron chi connectivity index (χ2n) is 2.94. The fourth-order valence-corrected chi connectivity index (χ4v) is 1.19. The maximum Gasteiger partial charge on any atom is 0.422 e. The molecule has 0 N–H and O–H groups in total. The molecule has 0 fully saturated rings. The van der Waals surface area contributed by atoms with Gasteiger partial charge in [-0.15, -0.1) is 12.6 Å². The summed E-state index contributed by atoms with van der Waals surface area (Å²) in [6, 6.07) is 1.22. The number of thiol groups is 1. The van der Waals surface area contributed by atoms with E-state index in [1.807, 2.05) is 0 Å². The number of hydrogen-bond acceptors (Lipinski definition) is 5. The Hall–Kier alpha value is -1.44. The summed E-state index contributed by atoms with van der Waals surface area (Å²) in [5.41, 5.74) is 0.0804. The Labute approximate surface area is 100 Å². The molecular weight excluding hydrogens is 259 g/mol. The van der Waals surface area contributed by atoms with E-state index in [0.29, 0.717) is 0 Å². The number of nitrogens with zero attached hydrogens (tertiary/aromatic N) is 1. The van der Waals surface area contributed by atoms with Crippen LogP contribution in [0.5, 0.6) is 5.88 Å². The zero-order chi connectivity index (χ0) is 13.1. The van der Waals surface area contributed by atoms with Crippen molar-refractivity contribution in [3.8, 4) is 5.88 Å². The third-order valence-corrected chi connectivity index (χ3v) is 1.95. The molecule has 1 rings (SSSR count). The first-order valence-corrected chi connectivity index (χ1v) is 4.75. The quantitative estimate of drug-likeness (QED) is 0.673. The van der Waals surface area contributed by atoms with E-state index in [4.69, 9.17) is 0 Å². The number of hydrogen-bond donors (Lipinski definition) is 1. The lowest BCUT2D eigenvalue weighted by atomic mass is 10.3. The summed E-state index contributed by atoms with van der Waals surface area (Å²) in [7, 11) is 1.18. The molecular formula is C9H8F3NO3S. The summed E-state index contributed by atoms with van der Waals surface area (Å²) in [5, 5.41) is 0. The zero-order valence-corrected chi connectivity index (χ0v) is 9.51. The lowest BCUT2D eigenvalue weighted by molar-refractivity contribution is -0.154. The van der Waals surface area contributed by atoms with Gasteiger partial charge in [0.2, 0.25) is 5.88 Å². The number of carbonyl (C=O) groups is 1. The maximum absolute atomic E-state index is 11.9. The largest absolute Gasteiger partial charge is 0.467 e. The summed E-state index contributed by atoms with van der Waals surface area (Å²) in [5.74, 6) is -0.950. The molecule has 17 heavy (non-hydrogen) atoms. The van der Waals surface area contributed by atoms with Crippen LogP contribution in [0.4, 0.5) is 13.2 Å². The van der Waals surface area contributed by atoms with Crippen molar-refractivity contribution in [1.82, 2.24) is 4.98 Å². The number of esters is 1. The Morgan fingerprint density at radius 3 is 2.65 bits per heavy atom. The smallest absolute Gasteiger partial charge is 0.422 e. The predicted octanol–water partition coefficient (Wildman–Crippen LogP) is 2.10. The van der Waals surface area contributed by atoms with E-state index in [-0.39, 0.29) is 16.3 Å². The van der Waals surface area contributed by atoms with Crippen LogP contribution in [0.25, 0.3) is 0 Å². The highest BCUT2D eigenvalue weighted by molar-refractivity contribution is 7.80. The summed E-state index contributed by atoms with van der Waals surface area (Å²) in [4.78, 5) is 14.7. The number of methoxy groups -OCH3 is 1. The van der Waals surface area contributed by atoms with Gasteiger partial charge in [-0.2, -0.15) is 13.2 Å². The van der Waals surface area contributed by atoms with E-state index in [0.717, 1.165) is 6.20 Å². The van der Waals surface area contributed by atoms with Gasteiger partial charge < -0.3 is 9.47 Å². The molecule has 0 amide bonds. The number of carbonyl (C=O) groups excluding carboxylic acids is 1. The first kappa shape index (κ1) is 13.6. The summed E-state index contributed by atoms with van der Waals surface area (Å²) in [6.07, 6.45) is -3.40. The van der Waals surface area contributed by atoms with Crippen LogP contribution in [0.15, 0.2) is 17.2 Å². The Kier molecular flexibility index (Phi) is 4.22. The molecule has 0 radical (unpaired) electrons. The van der Waals surface area contributed by atoms with Crippen molar-refractivity contribution in [2.24, 2.45) is 0 Å². The van der Waals surface area contributed by atoms with Crippen LogP contribution in [0.3, 0.4) is 0 Å². The number of ether oxygens (including phenoxy) is 2. The fraction of sp³-hybridized carbons (Fsp3) is 0.333. The topological polar surface area (TPSA) is 48.4 Å². The number of rotatable bonds is 3. The second-order valence-corrected chi connectivity index (χ2v) is 3.43. The van der Waals surface area contributed by atoms with Gasteiger partial charge in [0.15, 0.2) is 6.61 Å². The molecule has 0 atom stereocenters. The van der Waals surface area contributed by atoms with E-state index < -0.39 is 18.8 Å². The number of alkyl halides is 3. The van der Waals surface area contributed by atoms with Gasteiger partial charge >= 0.3 is 12.1 Å². The van der Waals surface area contributed by atoms with Gasteiger partial charge in [-0.25, -0.2) is 9.78 Å². The average molecular weight is 267 g/mol. The lowest BCUT2D eigenvalue weighted by Gasteiger charge is -2.10. The van der Waals surface area contributed by atoms with Gasteiger partial charge in [-0.05, 0) is 6.07 Å². The van der Waals surface area contributed by atoms with Gasteiger partial charge in [0.1, 0.15) is 0 Å². The van der Waals surface area contributed by atoms with Crippen molar-refractivity contribution < 1.29 is 27.4 Å². The average Bonchev–Trinajstić information content (AvgIpc) is 2.25. The van der Waals surface area contributed by atoms with Crippen LogP contribution in [0, 0.1) is 0 Å². The van der Waals surface area contributed by atoms with Crippen LogP contribution in [0.2, 0.25) is 0 Å². The molecule has 0 spiro atoms. The minimum absolute atomic E-state index is 0.0251. The molecule has 8 heteroatoms. The second kappa shape index (κ2) is 5.26. The molecule has 1 aromatic rings.